The van der Waals surface area contributed by atoms with Gasteiger partial charge < -0.3 is 18.2 Å². The number of anilines is 3. The summed E-state index contributed by atoms with van der Waals surface area (Å²) in [5.41, 5.74) is 9.26. The summed E-state index contributed by atoms with van der Waals surface area (Å²) >= 11 is 0. The highest BCUT2D eigenvalue weighted by atomic mass is 16.3. The number of rotatable bonds is 3. The Morgan fingerprint density at radius 3 is 1.75 bits per heavy atom. The van der Waals surface area contributed by atoms with E-state index in [1.54, 1.807) is 0 Å². The lowest BCUT2D eigenvalue weighted by molar-refractivity contribution is 0.568. The average molecular weight is 568 g/mol. The predicted octanol–water partition coefficient (Wildman–Crippen LogP) is 11.5. The summed E-state index contributed by atoms with van der Waals surface area (Å²) in [5.74, 6) is 2.26. The normalized spacial score (nSPS) is 16.9. The zero-order chi connectivity index (χ0) is 28.8. The Kier molecular flexibility index (Phi) is 4.80. The highest BCUT2D eigenvalue weighted by Gasteiger charge is 2.36. The second-order valence-corrected chi connectivity index (χ2v) is 11.7. The van der Waals surface area contributed by atoms with E-state index in [2.05, 4.69) is 120 Å². The highest BCUT2D eigenvalue weighted by molar-refractivity contribution is 6.06. The largest absolute Gasteiger partial charge is 0.456 e. The third-order valence-corrected chi connectivity index (χ3v) is 9.26. The molecule has 2 atom stereocenters. The molecule has 0 spiro atoms. The van der Waals surface area contributed by atoms with Gasteiger partial charge in [0.1, 0.15) is 33.9 Å². The Balaban J connectivity index is 1.12. The van der Waals surface area contributed by atoms with Crippen molar-refractivity contribution in [2.24, 2.45) is 0 Å². The summed E-state index contributed by atoms with van der Waals surface area (Å²) in [5, 5.41) is 4.54. The fourth-order valence-electron chi connectivity index (χ4n) is 7.33. The molecule has 2 unspecified atom stereocenters. The maximum atomic E-state index is 6.59. The van der Waals surface area contributed by atoms with E-state index in [0.29, 0.717) is 0 Å². The van der Waals surface area contributed by atoms with Crippen molar-refractivity contribution in [1.82, 2.24) is 0 Å². The van der Waals surface area contributed by atoms with Crippen LogP contribution in [0.4, 0.5) is 17.1 Å². The molecular formula is C40H25NO3. The summed E-state index contributed by atoms with van der Waals surface area (Å²) in [6, 6.07) is 40.0. The maximum absolute atomic E-state index is 6.59. The SMILES string of the molecule is C1=CC2c3c(oc4cc(N(c5ccccc5)c5ccc6oc7ccccc7c6c5)ccc34)C=CC2c2c1oc1ccccc21. The van der Waals surface area contributed by atoms with Gasteiger partial charge in [-0.25, -0.2) is 0 Å². The molecule has 2 aliphatic rings. The second-order valence-electron chi connectivity index (χ2n) is 11.7. The first-order chi connectivity index (χ1) is 21.8. The van der Waals surface area contributed by atoms with Gasteiger partial charge in [-0.3, -0.25) is 0 Å². The smallest absolute Gasteiger partial charge is 0.137 e. The van der Waals surface area contributed by atoms with Gasteiger partial charge in [0.05, 0.1) is 0 Å². The lowest BCUT2D eigenvalue weighted by atomic mass is 9.73. The van der Waals surface area contributed by atoms with E-state index in [1.807, 2.05) is 24.3 Å². The first-order valence-corrected chi connectivity index (χ1v) is 15.0. The topological polar surface area (TPSA) is 42.7 Å². The summed E-state index contributed by atoms with van der Waals surface area (Å²) in [7, 11) is 0. The van der Waals surface area contributed by atoms with Crippen LogP contribution in [0.15, 0.2) is 141 Å². The van der Waals surface area contributed by atoms with Crippen molar-refractivity contribution in [3.8, 4) is 0 Å². The van der Waals surface area contributed by atoms with Crippen molar-refractivity contribution in [3.05, 3.63) is 150 Å². The van der Waals surface area contributed by atoms with Gasteiger partial charge in [0.2, 0.25) is 0 Å². The summed E-state index contributed by atoms with van der Waals surface area (Å²) in [6.07, 6.45) is 8.84. The Hall–Kier alpha value is -5.74. The molecule has 4 nitrogen and oxygen atoms in total. The maximum Gasteiger partial charge on any atom is 0.137 e. The van der Waals surface area contributed by atoms with Crippen molar-refractivity contribution < 1.29 is 13.3 Å². The highest BCUT2D eigenvalue weighted by Crippen LogP contribution is 2.52. The van der Waals surface area contributed by atoms with Crippen molar-refractivity contribution in [2.75, 3.05) is 4.90 Å². The number of hydrogen-bond donors (Lipinski definition) is 0. The Bertz CT molecular complexity index is 2470. The zero-order valence-corrected chi connectivity index (χ0v) is 23.6. The Morgan fingerprint density at radius 2 is 0.977 bits per heavy atom. The van der Waals surface area contributed by atoms with Crippen LogP contribution in [0.5, 0.6) is 0 Å². The summed E-state index contributed by atoms with van der Waals surface area (Å²) in [6.45, 7) is 0. The van der Waals surface area contributed by atoms with Gasteiger partial charge in [0.15, 0.2) is 0 Å². The number of fused-ring (bicyclic) bond motifs is 12. The van der Waals surface area contributed by atoms with Crippen LogP contribution in [0.2, 0.25) is 0 Å². The minimum absolute atomic E-state index is 0.178. The molecule has 3 aromatic heterocycles. The quantitative estimate of drug-likeness (QED) is 0.213. The van der Waals surface area contributed by atoms with Crippen LogP contribution in [0, 0.1) is 0 Å². The molecule has 2 aliphatic carbocycles. The van der Waals surface area contributed by atoms with Crippen LogP contribution < -0.4 is 4.90 Å². The molecule has 0 fully saturated rings. The van der Waals surface area contributed by atoms with E-state index in [-0.39, 0.29) is 11.8 Å². The fourth-order valence-corrected chi connectivity index (χ4v) is 7.33. The van der Waals surface area contributed by atoms with Crippen LogP contribution in [-0.4, -0.2) is 0 Å². The molecule has 0 saturated carbocycles. The minimum atomic E-state index is 0.178. The van der Waals surface area contributed by atoms with Crippen LogP contribution in [0.25, 0.3) is 56.0 Å². The number of para-hydroxylation sites is 3. The van der Waals surface area contributed by atoms with Gasteiger partial charge in [-0.05, 0) is 66.7 Å². The summed E-state index contributed by atoms with van der Waals surface area (Å²) < 4.78 is 18.9. The fraction of sp³-hybridized carbons (Fsp3) is 0.0500. The molecule has 8 aromatic rings. The molecule has 10 rings (SSSR count). The van der Waals surface area contributed by atoms with Gasteiger partial charge in [0.25, 0.3) is 0 Å². The van der Waals surface area contributed by atoms with Gasteiger partial charge >= 0.3 is 0 Å². The van der Waals surface area contributed by atoms with Crippen LogP contribution >= 0.6 is 0 Å². The van der Waals surface area contributed by atoms with E-state index in [1.165, 1.54) is 16.5 Å². The molecule has 44 heavy (non-hydrogen) atoms. The van der Waals surface area contributed by atoms with E-state index in [9.17, 15) is 0 Å². The van der Waals surface area contributed by atoms with Crippen molar-refractivity contribution in [3.63, 3.8) is 0 Å². The van der Waals surface area contributed by atoms with E-state index in [0.717, 1.165) is 67.1 Å². The number of benzene rings is 5. The van der Waals surface area contributed by atoms with Gasteiger partial charge in [-0.15, -0.1) is 0 Å². The van der Waals surface area contributed by atoms with Crippen molar-refractivity contribution in [1.29, 1.82) is 0 Å². The average Bonchev–Trinajstić information content (AvgIpc) is 3.76. The molecule has 0 aliphatic heterocycles. The van der Waals surface area contributed by atoms with E-state index >= 15 is 0 Å². The lowest BCUT2D eigenvalue weighted by Crippen LogP contribution is -2.14. The molecular weight excluding hydrogens is 542 g/mol. The molecule has 3 heterocycles. The van der Waals surface area contributed by atoms with E-state index in [4.69, 9.17) is 13.3 Å². The molecule has 208 valence electrons. The number of allylic oxidation sites excluding steroid dienone is 2. The third kappa shape index (κ3) is 3.34. The third-order valence-electron chi connectivity index (χ3n) is 9.26. The van der Waals surface area contributed by atoms with Crippen LogP contribution in [-0.2, 0) is 0 Å². The first-order valence-electron chi connectivity index (χ1n) is 15.0. The van der Waals surface area contributed by atoms with Crippen LogP contribution in [0.3, 0.4) is 0 Å². The minimum Gasteiger partial charge on any atom is -0.456 e. The van der Waals surface area contributed by atoms with E-state index < -0.39 is 0 Å². The van der Waals surface area contributed by atoms with Crippen LogP contribution in [0.1, 0.15) is 34.5 Å². The molecule has 0 radical (unpaired) electrons. The predicted molar refractivity (Wildman–Crippen MR) is 178 cm³/mol. The zero-order valence-electron chi connectivity index (χ0n) is 23.6. The molecule has 0 saturated heterocycles. The van der Waals surface area contributed by atoms with Gasteiger partial charge in [-0.2, -0.15) is 0 Å². The second kappa shape index (κ2) is 8.88. The van der Waals surface area contributed by atoms with Gasteiger partial charge in [-0.1, -0.05) is 66.7 Å². The Morgan fingerprint density at radius 1 is 0.409 bits per heavy atom. The number of hydrogen-bond acceptors (Lipinski definition) is 4. The molecule has 0 N–H and O–H groups in total. The Labute approximate surface area is 252 Å². The standard InChI is InChI=1S/C40H25NO3/c1-2-8-24(9-3-1)41(25-15-19-35-32(22-25)27-10-4-6-12-33(27)42-35)26-14-16-31-38(23-26)44-37-21-18-28-29(40(31)37)17-20-36-39(28)30-11-5-7-13-34(30)43-36/h1-23,28-29H. The molecule has 0 amide bonds. The number of nitrogens with zero attached hydrogens (tertiary/aromatic N) is 1. The van der Waals surface area contributed by atoms with Crippen molar-refractivity contribution in [2.45, 2.75) is 11.8 Å². The molecule has 0 bridgehead atoms. The van der Waals surface area contributed by atoms with Crippen molar-refractivity contribution >= 4 is 73.1 Å². The lowest BCUT2D eigenvalue weighted by Gasteiger charge is -2.28. The van der Waals surface area contributed by atoms with Gasteiger partial charge in [0, 0.05) is 67.6 Å². The summed E-state index contributed by atoms with van der Waals surface area (Å²) in [4.78, 5) is 2.28. The first kappa shape index (κ1) is 23.8. The molecule has 4 heteroatoms. The molecule has 5 aromatic carbocycles. The number of furan rings is 3. The monoisotopic (exact) mass is 567 g/mol.